The number of rotatable bonds is 2. The quantitative estimate of drug-likeness (QED) is 0.517. The fourth-order valence-corrected chi connectivity index (χ4v) is 1.61. The molecule has 0 spiro atoms. The highest BCUT2D eigenvalue weighted by molar-refractivity contribution is 9.10. The van der Waals surface area contributed by atoms with E-state index < -0.39 is 4.92 Å². The molecule has 0 aromatic carbocycles. The van der Waals surface area contributed by atoms with Gasteiger partial charge in [-0.25, -0.2) is 4.98 Å². The molecule has 15 heavy (non-hydrogen) atoms. The van der Waals surface area contributed by atoms with Crippen LogP contribution in [-0.2, 0) is 0 Å². The first-order chi connectivity index (χ1) is 7.18. The van der Waals surface area contributed by atoms with Gasteiger partial charge in [-0.2, -0.15) is 0 Å². The van der Waals surface area contributed by atoms with E-state index >= 15 is 0 Å². The number of nitrogens with one attached hydrogen (secondary N) is 1. The van der Waals surface area contributed by atoms with E-state index in [4.69, 9.17) is 0 Å². The highest BCUT2D eigenvalue weighted by Gasteiger charge is 2.16. The molecule has 1 N–H and O–H groups in total. The summed E-state index contributed by atoms with van der Waals surface area (Å²) < 4.78 is 0.567. The number of nitrogens with zero attached hydrogens (tertiary/aromatic N) is 2. The third-order valence-corrected chi connectivity index (χ3v) is 2.37. The summed E-state index contributed by atoms with van der Waals surface area (Å²) in [5.74, 6) is 0. The van der Waals surface area contributed by atoms with Gasteiger partial charge in [0.25, 0.3) is 5.69 Å². The van der Waals surface area contributed by atoms with Crippen molar-refractivity contribution in [1.82, 2.24) is 9.97 Å². The molecule has 2 heterocycles. The van der Waals surface area contributed by atoms with Crippen molar-refractivity contribution in [2.45, 2.75) is 0 Å². The standard InChI is InChI=1S/C9H6BrN3O2/c10-9-4-6(7-2-1-3-11-7)8(5-12-9)13(14)15/h1-5,11H. The molecule has 5 nitrogen and oxygen atoms in total. The number of nitro groups is 1. The second-order valence-corrected chi connectivity index (χ2v) is 3.68. The summed E-state index contributed by atoms with van der Waals surface area (Å²) in [6.45, 7) is 0. The summed E-state index contributed by atoms with van der Waals surface area (Å²) in [5, 5.41) is 10.8. The summed E-state index contributed by atoms with van der Waals surface area (Å²) in [7, 11) is 0. The van der Waals surface area contributed by atoms with Crippen LogP contribution < -0.4 is 0 Å². The lowest BCUT2D eigenvalue weighted by atomic mass is 10.2. The molecule has 2 aromatic rings. The molecule has 2 rings (SSSR count). The molecule has 0 radical (unpaired) electrons. The van der Waals surface area contributed by atoms with E-state index in [1.807, 2.05) is 0 Å². The van der Waals surface area contributed by atoms with Gasteiger partial charge in [-0.05, 0) is 34.1 Å². The van der Waals surface area contributed by atoms with Crippen molar-refractivity contribution >= 4 is 21.6 Å². The average Bonchev–Trinajstić information content (AvgIpc) is 2.69. The van der Waals surface area contributed by atoms with E-state index in [0.717, 1.165) is 0 Å². The molecule has 0 atom stereocenters. The van der Waals surface area contributed by atoms with Crippen LogP contribution >= 0.6 is 15.9 Å². The van der Waals surface area contributed by atoms with Crippen LogP contribution in [0.1, 0.15) is 0 Å². The molecule has 0 aliphatic carbocycles. The first-order valence-corrected chi connectivity index (χ1v) is 4.91. The zero-order chi connectivity index (χ0) is 10.8. The van der Waals surface area contributed by atoms with Crippen LogP contribution in [0.5, 0.6) is 0 Å². The Kier molecular flexibility index (Phi) is 2.51. The number of aromatic nitrogens is 2. The zero-order valence-corrected chi connectivity index (χ0v) is 9.06. The van der Waals surface area contributed by atoms with Gasteiger partial charge in [-0.1, -0.05) is 0 Å². The van der Waals surface area contributed by atoms with Gasteiger partial charge in [0.2, 0.25) is 0 Å². The molecular formula is C9H6BrN3O2. The molecule has 2 aromatic heterocycles. The molecule has 0 fully saturated rings. The first-order valence-electron chi connectivity index (χ1n) is 4.12. The van der Waals surface area contributed by atoms with Gasteiger partial charge >= 0.3 is 0 Å². The van der Waals surface area contributed by atoms with E-state index in [1.54, 1.807) is 24.4 Å². The van der Waals surface area contributed by atoms with Crippen molar-refractivity contribution in [2.24, 2.45) is 0 Å². The maximum atomic E-state index is 10.8. The third kappa shape index (κ3) is 1.89. The molecule has 0 saturated carbocycles. The van der Waals surface area contributed by atoms with Gasteiger partial charge in [-0.3, -0.25) is 10.1 Å². The molecule has 0 unspecified atom stereocenters. The van der Waals surface area contributed by atoms with Crippen molar-refractivity contribution in [2.75, 3.05) is 0 Å². The second-order valence-electron chi connectivity index (χ2n) is 2.87. The number of halogens is 1. The first kappa shape index (κ1) is 9.85. The van der Waals surface area contributed by atoms with Crippen molar-refractivity contribution in [3.8, 4) is 11.3 Å². The number of hydrogen-bond donors (Lipinski definition) is 1. The van der Waals surface area contributed by atoms with Gasteiger partial charge in [0.1, 0.15) is 10.8 Å². The van der Waals surface area contributed by atoms with Gasteiger partial charge in [0.05, 0.1) is 16.2 Å². The van der Waals surface area contributed by atoms with Crippen LogP contribution in [0, 0.1) is 10.1 Å². The Balaban J connectivity index is 2.63. The SMILES string of the molecule is O=[N+]([O-])c1cnc(Br)cc1-c1ccc[nH]1. The van der Waals surface area contributed by atoms with Gasteiger partial charge in [0.15, 0.2) is 0 Å². The Labute approximate surface area is 93.4 Å². The highest BCUT2D eigenvalue weighted by atomic mass is 79.9. The normalized spacial score (nSPS) is 10.2. The van der Waals surface area contributed by atoms with Crippen LogP contribution in [-0.4, -0.2) is 14.9 Å². The second kappa shape index (κ2) is 3.82. The third-order valence-electron chi connectivity index (χ3n) is 1.93. The molecule has 0 saturated heterocycles. The fraction of sp³-hybridized carbons (Fsp3) is 0. The van der Waals surface area contributed by atoms with Crippen LogP contribution in [0.25, 0.3) is 11.3 Å². The molecule has 0 aliphatic rings. The largest absolute Gasteiger partial charge is 0.361 e. The number of aromatic amines is 1. The Morgan fingerprint density at radius 1 is 1.53 bits per heavy atom. The lowest BCUT2D eigenvalue weighted by Crippen LogP contribution is -1.93. The molecular weight excluding hydrogens is 262 g/mol. The monoisotopic (exact) mass is 267 g/mol. The minimum atomic E-state index is -0.449. The Morgan fingerprint density at radius 2 is 2.33 bits per heavy atom. The summed E-state index contributed by atoms with van der Waals surface area (Å²) in [6, 6.07) is 5.17. The predicted octanol–water partition coefficient (Wildman–Crippen LogP) is 2.75. The van der Waals surface area contributed by atoms with Crippen LogP contribution in [0.4, 0.5) is 5.69 Å². The summed E-state index contributed by atoms with van der Waals surface area (Å²) in [4.78, 5) is 17.1. The van der Waals surface area contributed by atoms with E-state index in [-0.39, 0.29) is 5.69 Å². The van der Waals surface area contributed by atoms with Crippen molar-refractivity contribution in [1.29, 1.82) is 0 Å². The topological polar surface area (TPSA) is 71.8 Å². The summed E-state index contributed by atoms with van der Waals surface area (Å²) >= 11 is 3.18. The number of pyridine rings is 1. The molecule has 6 heteroatoms. The number of H-pyrrole nitrogens is 1. The van der Waals surface area contributed by atoms with Gasteiger partial charge in [-0.15, -0.1) is 0 Å². The van der Waals surface area contributed by atoms with Crippen LogP contribution in [0.15, 0.2) is 35.2 Å². The summed E-state index contributed by atoms with van der Waals surface area (Å²) in [6.07, 6.45) is 2.95. The van der Waals surface area contributed by atoms with Crippen LogP contribution in [0.3, 0.4) is 0 Å². The van der Waals surface area contributed by atoms with Gasteiger partial charge in [0, 0.05) is 6.20 Å². The molecule has 0 amide bonds. The lowest BCUT2D eigenvalue weighted by molar-refractivity contribution is -0.384. The molecule has 76 valence electrons. The smallest absolute Gasteiger partial charge is 0.296 e. The van der Waals surface area contributed by atoms with E-state index in [0.29, 0.717) is 15.9 Å². The molecule has 0 bridgehead atoms. The highest BCUT2D eigenvalue weighted by Crippen LogP contribution is 2.29. The van der Waals surface area contributed by atoms with E-state index in [2.05, 4.69) is 25.9 Å². The Bertz CT molecular complexity index is 496. The number of hydrogen-bond acceptors (Lipinski definition) is 3. The van der Waals surface area contributed by atoms with Gasteiger partial charge < -0.3 is 4.98 Å². The zero-order valence-electron chi connectivity index (χ0n) is 7.48. The Morgan fingerprint density at radius 3 is 2.93 bits per heavy atom. The minimum absolute atomic E-state index is 0.0133. The maximum Gasteiger partial charge on any atom is 0.296 e. The average molecular weight is 268 g/mol. The molecule has 0 aliphatic heterocycles. The van der Waals surface area contributed by atoms with E-state index in [9.17, 15) is 10.1 Å². The fourth-order valence-electron chi connectivity index (χ4n) is 1.28. The summed E-state index contributed by atoms with van der Waals surface area (Å²) in [5.41, 5.74) is 1.21. The van der Waals surface area contributed by atoms with Crippen molar-refractivity contribution in [3.63, 3.8) is 0 Å². The van der Waals surface area contributed by atoms with Crippen LogP contribution in [0.2, 0.25) is 0 Å². The van der Waals surface area contributed by atoms with E-state index in [1.165, 1.54) is 6.20 Å². The minimum Gasteiger partial charge on any atom is -0.361 e. The van der Waals surface area contributed by atoms with Crippen molar-refractivity contribution < 1.29 is 4.92 Å². The Hall–Kier alpha value is -1.69. The van der Waals surface area contributed by atoms with Crippen molar-refractivity contribution in [3.05, 3.63) is 45.3 Å². The maximum absolute atomic E-state index is 10.8. The lowest BCUT2D eigenvalue weighted by Gasteiger charge is -2.00. The predicted molar refractivity (Wildman–Crippen MR) is 58.4 cm³/mol.